The van der Waals surface area contributed by atoms with Crippen LogP contribution in [0.3, 0.4) is 0 Å². The minimum absolute atomic E-state index is 0.0400. The molecular formula is C13H19NO4S. The lowest BCUT2D eigenvalue weighted by Gasteiger charge is -2.19. The maximum atomic E-state index is 11.5. The molecule has 0 bridgehead atoms. The van der Waals surface area contributed by atoms with E-state index in [1.54, 1.807) is 20.3 Å². The van der Waals surface area contributed by atoms with Gasteiger partial charge in [-0.25, -0.2) is 8.42 Å². The molecule has 0 spiro atoms. The van der Waals surface area contributed by atoms with E-state index >= 15 is 0 Å². The van der Waals surface area contributed by atoms with Crippen molar-refractivity contribution in [3.63, 3.8) is 0 Å². The van der Waals surface area contributed by atoms with Crippen molar-refractivity contribution in [3.05, 3.63) is 23.8 Å². The third-order valence-corrected chi connectivity index (χ3v) is 5.33. The maximum Gasteiger partial charge on any atom is 0.150 e. The Morgan fingerprint density at radius 2 is 1.79 bits per heavy atom. The highest BCUT2D eigenvalue weighted by Gasteiger charge is 2.33. The Bertz CT molecular complexity index is 534. The van der Waals surface area contributed by atoms with Crippen LogP contribution in [-0.2, 0) is 9.84 Å². The summed E-state index contributed by atoms with van der Waals surface area (Å²) in [5, 5.41) is 0. The van der Waals surface area contributed by atoms with Gasteiger partial charge < -0.3 is 15.2 Å². The van der Waals surface area contributed by atoms with E-state index in [0.717, 1.165) is 5.56 Å². The second kappa shape index (κ2) is 5.38. The number of ether oxygens (including phenoxy) is 2. The van der Waals surface area contributed by atoms with Gasteiger partial charge in [-0.1, -0.05) is 0 Å². The quantitative estimate of drug-likeness (QED) is 0.897. The first kappa shape index (κ1) is 14.1. The van der Waals surface area contributed by atoms with Gasteiger partial charge >= 0.3 is 0 Å². The van der Waals surface area contributed by atoms with E-state index in [-0.39, 0.29) is 23.5 Å². The van der Waals surface area contributed by atoms with Crippen molar-refractivity contribution in [2.24, 2.45) is 11.7 Å². The van der Waals surface area contributed by atoms with E-state index in [0.29, 0.717) is 17.9 Å². The number of rotatable bonds is 4. The molecule has 6 heteroatoms. The molecule has 1 saturated heterocycles. The molecule has 1 fully saturated rings. The number of benzene rings is 1. The van der Waals surface area contributed by atoms with Gasteiger partial charge in [0.05, 0.1) is 25.7 Å². The standard InChI is InChI=1S/C13H19NO4S/c1-17-11-5-10(6-12(7-11)18-2)13(14)9-3-4-19(15,16)8-9/h5-7,9,13H,3-4,8,14H2,1-2H3. The fourth-order valence-corrected chi connectivity index (χ4v) is 4.26. The lowest BCUT2D eigenvalue weighted by Crippen LogP contribution is -2.22. The Morgan fingerprint density at radius 3 is 2.21 bits per heavy atom. The van der Waals surface area contributed by atoms with Crippen LogP contribution in [0, 0.1) is 5.92 Å². The molecule has 1 heterocycles. The predicted octanol–water partition coefficient (Wildman–Crippen LogP) is 1.14. The summed E-state index contributed by atoms with van der Waals surface area (Å²) in [6.07, 6.45) is 0.614. The van der Waals surface area contributed by atoms with Crippen molar-refractivity contribution in [1.82, 2.24) is 0 Å². The molecule has 0 radical (unpaired) electrons. The average molecular weight is 285 g/mol. The Labute approximate surface area is 113 Å². The van der Waals surface area contributed by atoms with Crippen molar-refractivity contribution in [2.45, 2.75) is 12.5 Å². The molecular weight excluding hydrogens is 266 g/mol. The zero-order valence-corrected chi connectivity index (χ0v) is 11.9. The molecule has 0 saturated carbocycles. The molecule has 1 aliphatic rings. The van der Waals surface area contributed by atoms with E-state index in [1.807, 2.05) is 12.1 Å². The highest BCUT2D eigenvalue weighted by atomic mass is 32.2. The molecule has 2 N–H and O–H groups in total. The summed E-state index contributed by atoms with van der Waals surface area (Å²) in [4.78, 5) is 0. The zero-order valence-electron chi connectivity index (χ0n) is 11.1. The fourth-order valence-electron chi connectivity index (χ4n) is 2.40. The largest absolute Gasteiger partial charge is 0.497 e. The summed E-state index contributed by atoms with van der Waals surface area (Å²) in [7, 11) is 0.225. The number of hydrogen-bond acceptors (Lipinski definition) is 5. The van der Waals surface area contributed by atoms with E-state index in [4.69, 9.17) is 15.2 Å². The van der Waals surface area contributed by atoms with Gasteiger partial charge in [0.1, 0.15) is 11.5 Å². The highest BCUT2D eigenvalue weighted by molar-refractivity contribution is 7.91. The molecule has 1 aromatic rings. The molecule has 1 aliphatic heterocycles. The fraction of sp³-hybridized carbons (Fsp3) is 0.538. The van der Waals surface area contributed by atoms with Crippen LogP contribution in [0.25, 0.3) is 0 Å². The van der Waals surface area contributed by atoms with Gasteiger partial charge in [0, 0.05) is 12.1 Å². The molecule has 2 atom stereocenters. The first-order valence-corrected chi connectivity index (χ1v) is 7.96. The number of sulfone groups is 1. The lowest BCUT2D eigenvalue weighted by atomic mass is 9.93. The molecule has 2 rings (SSSR count). The van der Waals surface area contributed by atoms with Gasteiger partial charge in [-0.05, 0) is 30.0 Å². The predicted molar refractivity (Wildman–Crippen MR) is 73.2 cm³/mol. The highest BCUT2D eigenvalue weighted by Crippen LogP contribution is 2.33. The lowest BCUT2D eigenvalue weighted by molar-refractivity contribution is 0.390. The molecule has 1 aromatic carbocycles. The summed E-state index contributed by atoms with van der Waals surface area (Å²) >= 11 is 0. The maximum absolute atomic E-state index is 11.5. The SMILES string of the molecule is COc1cc(OC)cc(C(N)C2CCS(=O)(=O)C2)c1. The number of hydrogen-bond donors (Lipinski definition) is 1. The van der Waals surface area contributed by atoms with E-state index in [1.165, 1.54) is 0 Å². The molecule has 0 aromatic heterocycles. The Morgan fingerprint density at radius 1 is 1.21 bits per heavy atom. The van der Waals surface area contributed by atoms with Crippen molar-refractivity contribution in [3.8, 4) is 11.5 Å². The van der Waals surface area contributed by atoms with Crippen LogP contribution in [0.4, 0.5) is 0 Å². The number of nitrogens with two attached hydrogens (primary N) is 1. The van der Waals surface area contributed by atoms with Crippen LogP contribution in [0.15, 0.2) is 18.2 Å². The summed E-state index contributed by atoms with van der Waals surface area (Å²) in [6.45, 7) is 0. The van der Waals surface area contributed by atoms with Crippen LogP contribution in [0.1, 0.15) is 18.0 Å². The van der Waals surface area contributed by atoms with Crippen LogP contribution in [0.2, 0.25) is 0 Å². The van der Waals surface area contributed by atoms with Crippen LogP contribution in [-0.4, -0.2) is 34.1 Å². The third kappa shape index (κ3) is 3.19. The second-order valence-electron chi connectivity index (χ2n) is 4.83. The summed E-state index contributed by atoms with van der Waals surface area (Å²) in [5.41, 5.74) is 7.04. The molecule has 19 heavy (non-hydrogen) atoms. The van der Waals surface area contributed by atoms with Gasteiger partial charge in [-0.15, -0.1) is 0 Å². The summed E-state index contributed by atoms with van der Waals surface area (Å²) < 4.78 is 33.4. The molecule has 5 nitrogen and oxygen atoms in total. The van der Waals surface area contributed by atoms with Gasteiger partial charge in [0.2, 0.25) is 0 Å². The van der Waals surface area contributed by atoms with Crippen LogP contribution >= 0.6 is 0 Å². The van der Waals surface area contributed by atoms with Crippen LogP contribution in [0.5, 0.6) is 11.5 Å². The van der Waals surface area contributed by atoms with Crippen LogP contribution < -0.4 is 15.2 Å². The minimum atomic E-state index is -2.92. The first-order valence-electron chi connectivity index (χ1n) is 6.14. The van der Waals surface area contributed by atoms with Crippen molar-refractivity contribution in [2.75, 3.05) is 25.7 Å². The van der Waals surface area contributed by atoms with Crippen molar-refractivity contribution >= 4 is 9.84 Å². The third-order valence-electron chi connectivity index (χ3n) is 3.53. The topological polar surface area (TPSA) is 78.6 Å². The molecule has 0 aliphatic carbocycles. The van der Waals surface area contributed by atoms with E-state index in [2.05, 4.69) is 0 Å². The second-order valence-corrected chi connectivity index (χ2v) is 7.06. The normalized spacial score (nSPS) is 23.0. The van der Waals surface area contributed by atoms with Crippen molar-refractivity contribution < 1.29 is 17.9 Å². The van der Waals surface area contributed by atoms with Gasteiger partial charge in [0.15, 0.2) is 9.84 Å². The van der Waals surface area contributed by atoms with E-state index in [9.17, 15) is 8.42 Å². The molecule has 0 amide bonds. The Kier molecular flexibility index (Phi) is 4.01. The molecule has 106 valence electrons. The Balaban J connectivity index is 2.26. The number of methoxy groups -OCH3 is 2. The first-order chi connectivity index (χ1) is 8.95. The van der Waals surface area contributed by atoms with Gasteiger partial charge in [0.25, 0.3) is 0 Å². The average Bonchev–Trinajstić information content (AvgIpc) is 2.77. The van der Waals surface area contributed by atoms with Gasteiger partial charge in [-0.2, -0.15) is 0 Å². The van der Waals surface area contributed by atoms with E-state index < -0.39 is 9.84 Å². The minimum Gasteiger partial charge on any atom is -0.497 e. The summed E-state index contributed by atoms with van der Waals surface area (Å²) in [5.74, 6) is 1.67. The zero-order chi connectivity index (χ0) is 14.0. The summed E-state index contributed by atoms with van der Waals surface area (Å²) in [6, 6.07) is 5.11. The Hall–Kier alpha value is -1.27. The smallest absolute Gasteiger partial charge is 0.150 e. The van der Waals surface area contributed by atoms with Gasteiger partial charge in [-0.3, -0.25) is 0 Å². The monoisotopic (exact) mass is 285 g/mol. The van der Waals surface area contributed by atoms with Crippen molar-refractivity contribution in [1.29, 1.82) is 0 Å². The molecule has 2 unspecified atom stereocenters.